The molecule has 4 rings (SSSR count). The fourth-order valence-electron chi connectivity index (χ4n) is 3.17. The molecule has 0 spiro atoms. The van der Waals surface area contributed by atoms with E-state index in [9.17, 15) is 4.79 Å². The quantitative estimate of drug-likeness (QED) is 0.782. The van der Waals surface area contributed by atoms with E-state index in [-0.39, 0.29) is 12.5 Å². The molecular formula is C19H21N5O2. The Labute approximate surface area is 151 Å². The first-order valence-corrected chi connectivity index (χ1v) is 8.67. The van der Waals surface area contributed by atoms with E-state index in [1.807, 2.05) is 23.1 Å². The molecule has 0 saturated carbocycles. The first kappa shape index (κ1) is 16.4. The van der Waals surface area contributed by atoms with E-state index in [2.05, 4.69) is 35.5 Å². The molecular weight excluding hydrogens is 330 g/mol. The molecule has 1 aliphatic heterocycles. The molecule has 134 valence electrons. The maximum Gasteiger partial charge on any atom is 0.244 e. The summed E-state index contributed by atoms with van der Waals surface area (Å²) in [5, 5.41) is 11.7. The first-order valence-electron chi connectivity index (χ1n) is 8.67. The molecule has 1 N–H and O–H groups in total. The molecule has 3 heterocycles. The summed E-state index contributed by atoms with van der Waals surface area (Å²) in [5.41, 5.74) is 4.34. The molecule has 2 aromatic heterocycles. The monoisotopic (exact) mass is 351 g/mol. The van der Waals surface area contributed by atoms with Gasteiger partial charge in [0.2, 0.25) is 5.91 Å². The minimum atomic E-state index is 0.0400. The number of fused-ring (bicyclic) bond motifs is 1. The molecule has 7 nitrogen and oxygen atoms in total. The Kier molecular flexibility index (Phi) is 4.20. The van der Waals surface area contributed by atoms with Gasteiger partial charge in [-0.1, -0.05) is 17.3 Å². The molecule has 0 atom stereocenters. The number of nitrogens with one attached hydrogen (secondary N) is 1. The molecule has 7 heteroatoms. The van der Waals surface area contributed by atoms with Crippen LogP contribution in [0.4, 0.5) is 11.5 Å². The minimum Gasteiger partial charge on any atom is -0.359 e. The largest absolute Gasteiger partial charge is 0.359 e. The van der Waals surface area contributed by atoms with Crippen LogP contribution in [0.3, 0.4) is 0 Å². The van der Waals surface area contributed by atoms with Crippen LogP contribution in [0.5, 0.6) is 0 Å². The lowest BCUT2D eigenvalue weighted by Crippen LogP contribution is -2.37. The molecule has 1 aromatic carbocycles. The van der Waals surface area contributed by atoms with Crippen LogP contribution in [0.1, 0.15) is 22.5 Å². The van der Waals surface area contributed by atoms with Crippen LogP contribution < -0.4 is 5.32 Å². The van der Waals surface area contributed by atoms with Crippen molar-refractivity contribution in [3.63, 3.8) is 0 Å². The fourth-order valence-corrected chi connectivity index (χ4v) is 3.17. The molecule has 1 aliphatic rings. The first-order chi connectivity index (χ1) is 12.6. The summed E-state index contributed by atoms with van der Waals surface area (Å²) < 4.78 is 7.13. The number of anilines is 2. The standard InChI is InChI=1S/C19H21N5O2/c1-13-5-3-6-16(14(13)2)21-19-15-11-23(10-7-17(15)26-22-19)18(25)12-24-9-4-8-20-24/h3-6,8-9H,7,10-12H2,1-2H3,(H,21,22). The third kappa shape index (κ3) is 3.08. The summed E-state index contributed by atoms with van der Waals surface area (Å²) in [6.07, 6.45) is 4.13. The molecule has 1 amide bonds. The maximum atomic E-state index is 12.6. The number of aryl methyl sites for hydroxylation is 1. The van der Waals surface area contributed by atoms with Crippen molar-refractivity contribution >= 4 is 17.4 Å². The molecule has 26 heavy (non-hydrogen) atoms. The summed E-state index contributed by atoms with van der Waals surface area (Å²) in [4.78, 5) is 14.4. The van der Waals surface area contributed by atoms with Gasteiger partial charge in [0.1, 0.15) is 12.3 Å². The summed E-state index contributed by atoms with van der Waals surface area (Å²) >= 11 is 0. The number of hydrogen-bond acceptors (Lipinski definition) is 5. The number of nitrogens with zero attached hydrogens (tertiary/aromatic N) is 4. The highest BCUT2D eigenvalue weighted by Crippen LogP contribution is 2.30. The Hall–Kier alpha value is -3.09. The van der Waals surface area contributed by atoms with E-state index < -0.39 is 0 Å². The summed E-state index contributed by atoms with van der Waals surface area (Å²) in [5.74, 6) is 1.57. The average molecular weight is 351 g/mol. The second-order valence-electron chi connectivity index (χ2n) is 6.57. The summed E-state index contributed by atoms with van der Waals surface area (Å²) in [6.45, 7) is 5.52. The molecule has 3 aromatic rings. The number of hydrogen-bond donors (Lipinski definition) is 1. The Bertz CT molecular complexity index is 930. The van der Waals surface area contributed by atoms with E-state index in [1.54, 1.807) is 17.1 Å². The second-order valence-corrected chi connectivity index (χ2v) is 6.57. The third-order valence-electron chi connectivity index (χ3n) is 4.89. The predicted octanol–water partition coefficient (Wildman–Crippen LogP) is 2.82. The highest BCUT2D eigenvalue weighted by atomic mass is 16.5. The van der Waals surface area contributed by atoms with Crippen molar-refractivity contribution < 1.29 is 9.32 Å². The van der Waals surface area contributed by atoms with E-state index in [0.29, 0.717) is 25.3 Å². The summed E-state index contributed by atoms with van der Waals surface area (Å²) in [6, 6.07) is 7.92. The zero-order chi connectivity index (χ0) is 18.1. The highest BCUT2D eigenvalue weighted by molar-refractivity contribution is 5.76. The lowest BCUT2D eigenvalue weighted by atomic mass is 10.1. The molecule has 0 radical (unpaired) electrons. The van der Waals surface area contributed by atoms with E-state index in [4.69, 9.17) is 4.52 Å². The fraction of sp³-hybridized carbons (Fsp3) is 0.316. The zero-order valence-corrected chi connectivity index (χ0v) is 14.9. The lowest BCUT2D eigenvalue weighted by molar-refractivity contribution is -0.133. The van der Waals surface area contributed by atoms with Crippen LogP contribution in [0.15, 0.2) is 41.2 Å². The van der Waals surface area contributed by atoms with Crippen molar-refractivity contribution in [2.24, 2.45) is 0 Å². The van der Waals surface area contributed by atoms with Crippen molar-refractivity contribution in [3.05, 3.63) is 59.1 Å². The maximum absolute atomic E-state index is 12.6. The van der Waals surface area contributed by atoms with Gasteiger partial charge < -0.3 is 14.7 Å². The highest BCUT2D eigenvalue weighted by Gasteiger charge is 2.27. The Morgan fingerprint density at radius 3 is 3.00 bits per heavy atom. The number of carbonyl (C=O) groups excluding carboxylic acids is 1. The van der Waals surface area contributed by atoms with Crippen LogP contribution in [0.25, 0.3) is 0 Å². The minimum absolute atomic E-state index is 0.0400. The SMILES string of the molecule is Cc1cccc(Nc2noc3c2CN(C(=O)Cn2cccn2)CC3)c1C. The number of carbonyl (C=O) groups is 1. The van der Waals surface area contributed by atoms with Gasteiger partial charge in [-0.15, -0.1) is 0 Å². The number of rotatable bonds is 4. The van der Waals surface area contributed by atoms with Gasteiger partial charge in [-0.05, 0) is 37.1 Å². The van der Waals surface area contributed by atoms with Crippen LogP contribution in [-0.4, -0.2) is 32.3 Å². The van der Waals surface area contributed by atoms with Gasteiger partial charge in [0.25, 0.3) is 0 Å². The number of benzene rings is 1. The third-order valence-corrected chi connectivity index (χ3v) is 4.89. The van der Waals surface area contributed by atoms with E-state index in [0.717, 1.165) is 17.0 Å². The summed E-state index contributed by atoms with van der Waals surface area (Å²) in [7, 11) is 0. The van der Waals surface area contributed by atoms with Crippen molar-refractivity contribution in [3.8, 4) is 0 Å². The average Bonchev–Trinajstić information content (AvgIpc) is 3.28. The lowest BCUT2D eigenvalue weighted by Gasteiger charge is -2.26. The molecule has 0 unspecified atom stereocenters. The van der Waals surface area contributed by atoms with Gasteiger partial charge >= 0.3 is 0 Å². The van der Waals surface area contributed by atoms with Crippen molar-refractivity contribution in [1.29, 1.82) is 0 Å². The Morgan fingerprint density at radius 2 is 2.19 bits per heavy atom. The topological polar surface area (TPSA) is 76.2 Å². The van der Waals surface area contributed by atoms with Crippen LogP contribution in [0, 0.1) is 13.8 Å². The van der Waals surface area contributed by atoms with Gasteiger partial charge in [-0.2, -0.15) is 5.10 Å². The van der Waals surface area contributed by atoms with Crippen molar-refractivity contribution in [2.75, 3.05) is 11.9 Å². The Morgan fingerprint density at radius 1 is 1.31 bits per heavy atom. The number of aromatic nitrogens is 3. The smallest absolute Gasteiger partial charge is 0.244 e. The van der Waals surface area contributed by atoms with Gasteiger partial charge in [0.15, 0.2) is 5.82 Å². The van der Waals surface area contributed by atoms with E-state index >= 15 is 0 Å². The van der Waals surface area contributed by atoms with Gasteiger partial charge in [-0.3, -0.25) is 9.48 Å². The van der Waals surface area contributed by atoms with Gasteiger partial charge in [0.05, 0.1) is 12.1 Å². The molecule has 0 bridgehead atoms. The molecule has 0 saturated heterocycles. The number of amides is 1. The predicted molar refractivity (Wildman–Crippen MR) is 97.0 cm³/mol. The second kappa shape index (κ2) is 6.67. The zero-order valence-electron chi connectivity index (χ0n) is 14.9. The van der Waals surface area contributed by atoms with Gasteiger partial charge in [-0.25, -0.2) is 0 Å². The Balaban J connectivity index is 1.52. The van der Waals surface area contributed by atoms with Crippen molar-refractivity contribution in [1.82, 2.24) is 19.8 Å². The van der Waals surface area contributed by atoms with Crippen LogP contribution in [0.2, 0.25) is 0 Å². The molecule has 0 fully saturated rings. The van der Waals surface area contributed by atoms with Crippen molar-refractivity contribution in [2.45, 2.75) is 33.4 Å². The van der Waals surface area contributed by atoms with Crippen LogP contribution in [-0.2, 0) is 24.3 Å². The van der Waals surface area contributed by atoms with E-state index in [1.165, 1.54) is 11.1 Å². The normalized spacial score (nSPS) is 13.5. The molecule has 0 aliphatic carbocycles. The van der Waals surface area contributed by atoms with Crippen LogP contribution >= 0.6 is 0 Å². The van der Waals surface area contributed by atoms with Gasteiger partial charge in [0, 0.05) is 31.0 Å².